The minimum Gasteiger partial charge on any atom is -0.345 e. The molecule has 5 nitrogen and oxygen atoms in total. The molecule has 5 heteroatoms. The lowest BCUT2D eigenvalue weighted by atomic mass is 10.1. The van der Waals surface area contributed by atoms with E-state index < -0.39 is 0 Å². The molecule has 2 aliphatic rings. The van der Waals surface area contributed by atoms with Crippen molar-refractivity contribution in [2.75, 3.05) is 39.8 Å². The highest BCUT2D eigenvalue weighted by Crippen LogP contribution is 2.26. The van der Waals surface area contributed by atoms with Crippen molar-refractivity contribution in [3.63, 3.8) is 0 Å². The molecule has 1 saturated heterocycles. The van der Waals surface area contributed by atoms with Crippen molar-refractivity contribution < 1.29 is 0 Å². The molecular weight excluding hydrogens is 262 g/mol. The van der Waals surface area contributed by atoms with Gasteiger partial charge in [-0.05, 0) is 26.8 Å². The zero-order valence-electron chi connectivity index (χ0n) is 13.4. The maximum absolute atomic E-state index is 4.37. The van der Waals surface area contributed by atoms with Crippen molar-refractivity contribution in [3.05, 3.63) is 17.7 Å². The second-order valence-corrected chi connectivity index (χ2v) is 6.51. The number of rotatable bonds is 5. The van der Waals surface area contributed by atoms with Gasteiger partial charge in [0.25, 0.3) is 0 Å². The van der Waals surface area contributed by atoms with Crippen LogP contribution in [0, 0.1) is 6.92 Å². The summed E-state index contributed by atoms with van der Waals surface area (Å²) in [6, 6.07) is 1.28. The lowest BCUT2D eigenvalue weighted by Crippen LogP contribution is -2.51. The highest BCUT2D eigenvalue weighted by Gasteiger charge is 2.29. The molecule has 1 atom stereocenters. The molecule has 0 aromatic carbocycles. The first kappa shape index (κ1) is 15.0. The fourth-order valence-electron chi connectivity index (χ4n) is 3.92. The summed E-state index contributed by atoms with van der Waals surface area (Å²) in [5.41, 5.74) is 1.25. The van der Waals surface area contributed by atoms with E-state index in [1.807, 2.05) is 20.2 Å². The molecule has 0 amide bonds. The van der Waals surface area contributed by atoms with Gasteiger partial charge in [0.1, 0.15) is 5.82 Å². The van der Waals surface area contributed by atoms with Gasteiger partial charge in [0.15, 0.2) is 0 Å². The molecule has 2 N–H and O–H groups in total. The fourth-order valence-corrected chi connectivity index (χ4v) is 3.92. The summed E-state index contributed by atoms with van der Waals surface area (Å²) in [6.07, 6.45) is 7.70. The summed E-state index contributed by atoms with van der Waals surface area (Å²) in [5.74, 6) is 1.01. The number of aryl methyl sites for hydroxylation is 1. The van der Waals surface area contributed by atoms with Gasteiger partial charge in [0.2, 0.25) is 0 Å². The fraction of sp³-hybridized carbons (Fsp3) is 0.812. The Kier molecular flexibility index (Phi) is 4.93. The van der Waals surface area contributed by atoms with Crippen LogP contribution in [-0.4, -0.2) is 65.6 Å². The minimum atomic E-state index is 0.418. The van der Waals surface area contributed by atoms with E-state index in [9.17, 15) is 0 Å². The quantitative estimate of drug-likeness (QED) is 0.864. The number of H-pyrrole nitrogens is 1. The van der Waals surface area contributed by atoms with Gasteiger partial charge in [-0.25, -0.2) is 4.98 Å². The van der Waals surface area contributed by atoms with Gasteiger partial charge >= 0.3 is 0 Å². The Morgan fingerprint density at radius 1 is 1.29 bits per heavy atom. The van der Waals surface area contributed by atoms with Crippen LogP contribution in [0.25, 0.3) is 0 Å². The summed E-state index contributed by atoms with van der Waals surface area (Å²) >= 11 is 0. The van der Waals surface area contributed by atoms with Crippen LogP contribution in [0.1, 0.15) is 43.2 Å². The maximum atomic E-state index is 4.37. The molecule has 1 saturated carbocycles. The van der Waals surface area contributed by atoms with Gasteiger partial charge in [-0.1, -0.05) is 12.8 Å². The van der Waals surface area contributed by atoms with Crippen LogP contribution >= 0.6 is 0 Å². The van der Waals surface area contributed by atoms with Crippen molar-refractivity contribution in [1.29, 1.82) is 0 Å². The predicted molar refractivity (Wildman–Crippen MR) is 85.4 cm³/mol. The summed E-state index contributed by atoms with van der Waals surface area (Å²) in [5, 5.41) is 3.34. The number of aromatic amines is 1. The van der Waals surface area contributed by atoms with Gasteiger partial charge in [0.05, 0.1) is 11.7 Å². The number of imidazole rings is 1. The summed E-state index contributed by atoms with van der Waals surface area (Å²) < 4.78 is 0. The third kappa shape index (κ3) is 3.47. The number of nitrogens with zero attached hydrogens (tertiary/aromatic N) is 3. The smallest absolute Gasteiger partial charge is 0.103 e. The van der Waals surface area contributed by atoms with E-state index in [1.54, 1.807) is 0 Å². The van der Waals surface area contributed by atoms with E-state index in [-0.39, 0.29) is 0 Å². The average Bonchev–Trinajstić information content (AvgIpc) is 3.16. The van der Waals surface area contributed by atoms with Crippen LogP contribution in [-0.2, 0) is 0 Å². The normalized spacial score (nSPS) is 23.7. The Bertz CT molecular complexity index is 430. The van der Waals surface area contributed by atoms with Crippen LogP contribution < -0.4 is 5.32 Å². The van der Waals surface area contributed by atoms with Gasteiger partial charge in [-0.2, -0.15) is 0 Å². The number of piperazine rings is 1. The lowest BCUT2D eigenvalue weighted by molar-refractivity contribution is 0.0691. The average molecular weight is 291 g/mol. The minimum absolute atomic E-state index is 0.418. The zero-order valence-corrected chi connectivity index (χ0v) is 13.4. The Labute approximate surface area is 128 Å². The van der Waals surface area contributed by atoms with Gasteiger partial charge < -0.3 is 10.3 Å². The number of nitrogens with one attached hydrogen (secondary N) is 2. The first-order chi connectivity index (χ1) is 10.3. The van der Waals surface area contributed by atoms with Crippen LogP contribution in [0.3, 0.4) is 0 Å². The molecule has 21 heavy (non-hydrogen) atoms. The largest absolute Gasteiger partial charge is 0.345 e. The number of hydrogen-bond acceptors (Lipinski definition) is 4. The van der Waals surface area contributed by atoms with Crippen LogP contribution in [0.5, 0.6) is 0 Å². The lowest BCUT2D eigenvalue weighted by Gasteiger charge is -2.41. The highest BCUT2D eigenvalue weighted by molar-refractivity contribution is 5.08. The van der Waals surface area contributed by atoms with Crippen molar-refractivity contribution in [2.45, 2.75) is 44.7 Å². The first-order valence-corrected chi connectivity index (χ1v) is 8.42. The summed E-state index contributed by atoms with van der Waals surface area (Å²) in [4.78, 5) is 13.1. The monoisotopic (exact) mass is 291 g/mol. The van der Waals surface area contributed by atoms with E-state index in [0.29, 0.717) is 6.04 Å². The van der Waals surface area contributed by atoms with E-state index in [2.05, 4.69) is 25.1 Å². The third-order valence-corrected chi connectivity index (χ3v) is 5.11. The molecule has 2 heterocycles. The Morgan fingerprint density at radius 3 is 2.57 bits per heavy atom. The van der Waals surface area contributed by atoms with Gasteiger partial charge in [-0.3, -0.25) is 9.80 Å². The number of likely N-dealkylation sites (N-methyl/N-ethyl adjacent to an activating group) is 1. The molecule has 2 fully saturated rings. The van der Waals surface area contributed by atoms with Crippen molar-refractivity contribution in [2.24, 2.45) is 0 Å². The van der Waals surface area contributed by atoms with Crippen LogP contribution in [0.15, 0.2) is 6.20 Å². The molecule has 3 rings (SSSR count). The van der Waals surface area contributed by atoms with Crippen molar-refractivity contribution >= 4 is 0 Å². The molecule has 1 aliphatic carbocycles. The topological polar surface area (TPSA) is 47.2 Å². The van der Waals surface area contributed by atoms with Gasteiger partial charge in [-0.15, -0.1) is 0 Å². The van der Waals surface area contributed by atoms with Crippen LogP contribution in [0.2, 0.25) is 0 Å². The van der Waals surface area contributed by atoms with Crippen LogP contribution in [0.4, 0.5) is 0 Å². The predicted octanol–water partition coefficient (Wildman–Crippen LogP) is 1.54. The molecule has 118 valence electrons. The standard InChI is InChI=1S/C16H29N5/c1-13-18-11-15(19-13)16(12-17-2)21-9-7-20(8-10-21)14-5-3-4-6-14/h11,14,16-17H,3-10,12H2,1-2H3,(H,18,19). The van der Waals surface area contributed by atoms with Gasteiger partial charge in [0, 0.05) is 45.0 Å². The van der Waals surface area contributed by atoms with E-state index >= 15 is 0 Å². The second kappa shape index (κ2) is 6.90. The molecule has 1 aromatic heterocycles. The molecule has 1 aromatic rings. The van der Waals surface area contributed by atoms with E-state index in [4.69, 9.17) is 0 Å². The molecular formula is C16H29N5. The highest BCUT2D eigenvalue weighted by atomic mass is 15.3. The van der Waals surface area contributed by atoms with Crippen molar-refractivity contribution in [3.8, 4) is 0 Å². The second-order valence-electron chi connectivity index (χ2n) is 6.51. The first-order valence-electron chi connectivity index (χ1n) is 8.42. The van der Waals surface area contributed by atoms with E-state index in [1.165, 1.54) is 57.6 Å². The summed E-state index contributed by atoms with van der Waals surface area (Å²) in [7, 11) is 2.03. The van der Waals surface area contributed by atoms with Crippen molar-refractivity contribution in [1.82, 2.24) is 25.1 Å². The molecule has 0 bridgehead atoms. The molecule has 0 spiro atoms. The maximum Gasteiger partial charge on any atom is 0.103 e. The zero-order chi connectivity index (χ0) is 14.7. The Balaban J connectivity index is 1.60. The Hall–Kier alpha value is -0.910. The number of hydrogen-bond donors (Lipinski definition) is 2. The SMILES string of the molecule is CNCC(c1cnc(C)[nH]1)N1CCN(C2CCCC2)CC1. The third-order valence-electron chi connectivity index (χ3n) is 5.11. The molecule has 1 unspecified atom stereocenters. The molecule has 1 aliphatic heterocycles. The Morgan fingerprint density at radius 2 is 2.00 bits per heavy atom. The van der Waals surface area contributed by atoms with E-state index in [0.717, 1.165) is 18.4 Å². The summed E-state index contributed by atoms with van der Waals surface area (Å²) in [6.45, 7) is 7.78. The number of aromatic nitrogens is 2. The molecule has 0 radical (unpaired) electrons.